The molecule has 0 aromatic carbocycles. The molecule has 1 aliphatic carbocycles. The molecule has 1 saturated carbocycles. The molecular weight excluding hydrogens is 268 g/mol. The lowest BCUT2D eigenvalue weighted by Crippen LogP contribution is -2.07. The van der Waals surface area contributed by atoms with Crippen molar-refractivity contribution in [1.29, 1.82) is 0 Å². The van der Waals surface area contributed by atoms with Gasteiger partial charge in [0.25, 0.3) is 0 Å². The van der Waals surface area contributed by atoms with Crippen molar-refractivity contribution in [1.82, 2.24) is 9.97 Å². The molecule has 0 saturated heterocycles. The van der Waals surface area contributed by atoms with Crippen LogP contribution in [0.25, 0.3) is 0 Å². The minimum atomic E-state index is 0.480. The molecule has 3 rings (SSSR count). The Bertz CT molecular complexity index is 615. The van der Waals surface area contributed by atoms with Crippen molar-refractivity contribution in [3.8, 4) is 5.88 Å². The fourth-order valence-electron chi connectivity index (χ4n) is 1.93. The Balaban J connectivity index is 1.62. The van der Waals surface area contributed by atoms with Crippen LogP contribution in [-0.4, -0.2) is 16.6 Å². The first-order chi connectivity index (χ1) is 10.1. The second-order valence-corrected chi connectivity index (χ2v) is 5.45. The van der Waals surface area contributed by atoms with Gasteiger partial charge in [0.15, 0.2) is 0 Å². The van der Waals surface area contributed by atoms with Gasteiger partial charge in [-0.15, -0.1) is 0 Å². The van der Waals surface area contributed by atoms with Gasteiger partial charge in [-0.05, 0) is 44.7 Å². The summed E-state index contributed by atoms with van der Waals surface area (Å²) in [7, 11) is 0. The summed E-state index contributed by atoms with van der Waals surface area (Å²) >= 11 is 0. The Kier molecular flexibility index (Phi) is 3.68. The largest absolute Gasteiger partial charge is 0.476 e. The fourth-order valence-corrected chi connectivity index (χ4v) is 1.93. The Labute approximate surface area is 123 Å². The summed E-state index contributed by atoms with van der Waals surface area (Å²) in [4.78, 5) is 8.71. The number of oxazole rings is 1. The third kappa shape index (κ3) is 3.45. The molecule has 0 atom stereocenters. The van der Waals surface area contributed by atoms with E-state index in [9.17, 15) is 0 Å². The van der Waals surface area contributed by atoms with E-state index in [1.165, 1.54) is 12.8 Å². The summed E-state index contributed by atoms with van der Waals surface area (Å²) in [6.45, 7) is 5.00. The molecule has 0 aliphatic heterocycles. The minimum absolute atomic E-state index is 0.480. The fraction of sp³-hybridized carbons (Fsp3) is 0.467. The average Bonchev–Trinajstić information content (AvgIpc) is 3.23. The molecule has 2 heterocycles. The number of aromatic nitrogens is 2. The van der Waals surface area contributed by atoms with Crippen LogP contribution in [0.3, 0.4) is 0 Å². The lowest BCUT2D eigenvalue weighted by atomic mass is 10.4. The monoisotopic (exact) mass is 288 g/mol. The van der Waals surface area contributed by atoms with Crippen molar-refractivity contribution in [2.24, 2.45) is 5.92 Å². The summed E-state index contributed by atoms with van der Waals surface area (Å²) in [5, 5.41) is 3.17. The van der Waals surface area contributed by atoms with Gasteiger partial charge < -0.3 is 20.2 Å². The SMILES string of the molecule is Cc1nc(CNc2ccc(N)c(OCC3CC3)n2)oc1C. The molecule has 6 heteroatoms. The minimum Gasteiger partial charge on any atom is -0.476 e. The molecule has 21 heavy (non-hydrogen) atoms. The molecule has 0 amide bonds. The number of hydrogen-bond acceptors (Lipinski definition) is 6. The number of nitrogens with zero attached hydrogens (tertiary/aromatic N) is 2. The second kappa shape index (κ2) is 5.63. The van der Waals surface area contributed by atoms with Gasteiger partial charge in [-0.3, -0.25) is 0 Å². The number of ether oxygens (including phenoxy) is 1. The van der Waals surface area contributed by atoms with Crippen LogP contribution in [0.2, 0.25) is 0 Å². The lowest BCUT2D eigenvalue weighted by molar-refractivity contribution is 0.290. The third-order valence-corrected chi connectivity index (χ3v) is 3.54. The van der Waals surface area contributed by atoms with E-state index in [1.807, 2.05) is 19.9 Å². The molecule has 0 spiro atoms. The highest BCUT2D eigenvalue weighted by molar-refractivity contribution is 5.53. The van der Waals surface area contributed by atoms with Crippen molar-refractivity contribution in [3.63, 3.8) is 0 Å². The number of nitrogens with one attached hydrogen (secondary N) is 1. The van der Waals surface area contributed by atoms with E-state index in [0.717, 1.165) is 11.5 Å². The third-order valence-electron chi connectivity index (χ3n) is 3.54. The number of aryl methyl sites for hydroxylation is 2. The molecule has 1 aliphatic rings. The Morgan fingerprint density at radius 1 is 1.33 bits per heavy atom. The van der Waals surface area contributed by atoms with E-state index in [0.29, 0.717) is 42.3 Å². The van der Waals surface area contributed by atoms with E-state index in [-0.39, 0.29) is 0 Å². The van der Waals surface area contributed by atoms with Crippen molar-refractivity contribution in [2.45, 2.75) is 33.2 Å². The van der Waals surface area contributed by atoms with Crippen LogP contribution in [0.15, 0.2) is 16.5 Å². The smallest absolute Gasteiger partial charge is 0.239 e. The summed E-state index contributed by atoms with van der Waals surface area (Å²) in [5.41, 5.74) is 7.35. The number of hydrogen-bond donors (Lipinski definition) is 2. The van der Waals surface area contributed by atoms with Gasteiger partial charge in [0.05, 0.1) is 24.5 Å². The predicted octanol–water partition coefficient (Wildman–Crippen LogP) is 2.67. The molecule has 0 bridgehead atoms. The molecule has 112 valence electrons. The molecule has 2 aromatic heterocycles. The van der Waals surface area contributed by atoms with E-state index < -0.39 is 0 Å². The van der Waals surface area contributed by atoms with Crippen LogP contribution in [0.1, 0.15) is 30.2 Å². The summed E-state index contributed by atoms with van der Waals surface area (Å²) in [5.74, 6) is 3.34. The standard InChI is InChI=1S/C15H20N4O2/c1-9-10(2)21-14(18-9)7-17-13-6-5-12(16)15(19-13)20-8-11-3-4-11/h5-6,11H,3-4,7-8,16H2,1-2H3,(H,17,19). The molecule has 3 N–H and O–H groups in total. The quantitative estimate of drug-likeness (QED) is 0.850. The van der Waals surface area contributed by atoms with Crippen molar-refractivity contribution >= 4 is 11.5 Å². The van der Waals surface area contributed by atoms with E-state index in [1.54, 1.807) is 6.07 Å². The van der Waals surface area contributed by atoms with Gasteiger partial charge in [-0.1, -0.05) is 0 Å². The van der Waals surface area contributed by atoms with E-state index in [2.05, 4.69) is 15.3 Å². The van der Waals surface area contributed by atoms with Gasteiger partial charge in [0, 0.05) is 0 Å². The zero-order valence-corrected chi connectivity index (χ0v) is 12.3. The predicted molar refractivity (Wildman–Crippen MR) is 80.2 cm³/mol. The first kappa shape index (κ1) is 13.7. The van der Waals surface area contributed by atoms with Crippen LogP contribution < -0.4 is 15.8 Å². The molecule has 0 radical (unpaired) electrons. The van der Waals surface area contributed by atoms with Crippen molar-refractivity contribution < 1.29 is 9.15 Å². The number of nitrogen functional groups attached to an aromatic ring is 1. The summed E-state index contributed by atoms with van der Waals surface area (Å²) in [6.07, 6.45) is 2.47. The van der Waals surface area contributed by atoms with E-state index >= 15 is 0 Å². The molecule has 2 aromatic rings. The van der Waals surface area contributed by atoms with Gasteiger partial charge >= 0.3 is 0 Å². The van der Waals surface area contributed by atoms with Crippen LogP contribution in [0.5, 0.6) is 5.88 Å². The number of nitrogens with two attached hydrogens (primary N) is 1. The maximum absolute atomic E-state index is 5.88. The number of pyridine rings is 1. The average molecular weight is 288 g/mol. The lowest BCUT2D eigenvalue weighted by Gasteiger charge is -2.09. The molecule has 1 fully saturated rings. The number of anilines is 2. The first-order valence-electron chi connectivity index (χ1n) is 7.18. The molecular formula is C15H20N4O2. The summed E-state index contributed by atoms with van der Waals surface area (Å²) in [6, 6.07) is 3.62. The van der Waals surface area contributed by atoms with Crippen LogP contribution >= 0.6 is 0 Å². The number of rotatable bonds is 6. The highest BCUT2D eigenvalue weighted by atomic mass is 16.5. The Morgan fingerprint density at radius 2 is 2.14 bits per heavy atom. The Hall–Kier alpha value is -2.24. The second-order valence-electron chi connectivity index (χ2n) is 5.45. The zero-order chi connectivity index (χ0) is 14.8. The zero-order valence-electron chi connectivity index (χ0n) is 12.3. The maximum Gasteiger partial charge on any atom is 0.239 e. The first-order valence-corrected chi connectivity index (χ1v) is 7.18. The van der Waals surface area contributed by atoms with Gasteiger partial charge in [0.1, 0.15) is 11.6 Å². The van der Waals surface area contributed by atoms with Crippen molar-refractivity contribution in [2.75, 3.05) is 17.7 Å². The normalized spacial score (nSPS) is 14.2. The topological polar surface area (TPSA) is 86.2 Å². The van der Waals surface area contributed by atoms with Crippen LogP contribution in [0, 0.1) is 19.8 Å². The molecule has 6 nitrogen and oxygen atoms in total. The highest BCUT2D eigenvalue weighted by Gasteiger charge is 2.22. The maximum atomic E-state index is 5.88. The van der Waals surface area contributed by atoms with E-state index in [4.69, 9.17) is 14.9 Å². The van der Waals surface area contributed by atoms with Crippen LogP contribution in [-0.2, 0) is 6.54 Å². The van der Waals surface area contributed by atoms with Gasteiger partial charge in [-0.25, -0.2) is 4.98 Å². The van der Waals surface area contributed by atoms with Crippen LogP contribution in [0.4, 0.5) is 11.5 Å². The highest BCUT2D eigenvalue weighted by Crippen LogP contribution is 2.30. The molecule has 0 unspecified atom stereocenters. The van der Waals surface area contributed by atoms with Gasteiger partial charge in [0.2, 0.25) is 11.8 Å². The van der Waals surface area contributed by atoms with Crippen molar-refractivity contribution in [3.05, 3.63) is 29.5 Å². The Morgan fingerprint density at radius 3 is 2.81 bits per heavy atom. The van der Waals surface area contributed by atoms with Gasteiger partial charge in [-0.2, -0.15) is 4.98 Å². The summed E-state index contributed by atoms with van der Waals surface area (Å²) < 4.78 is 11.2.